The van der Waals surface area contributed by atoms with E-state index in [1.165, 1.54) is 6.20 Å². The SMILES string of the molecule is Cc1cc(-c2cccc(Cl)c2)cnc1F. The molecule has 1 aromatic heterocycles. The smallest absolute Gasteiger partial charge is 0.215 e. The lowest BCUT2D eigenvalue weighted by Crippen LogP contribution is -1.89. The van der Waals surface area contributed by atoms with E-state index in [1.807, 2.05) is 18.2 Å². The van der Waals surface area contributed by atoms with E-state index in [0.29, 0.717) is 10.6 Å². The summed E-state index contributed by atoms with van der Waals surface area (Å²) in [7, 11) is 0. The van der Waals surface area contributed by atoms with Gasteiger partial charge in [0, 0.05) is 22.3 Å². The van der Waals surface area contributed by atoms with E-state index in [0.717, 1.165) is 11.1 Å². The number of rotatable bonds is 1. The van der Waals surface area contributed by atoms with Crippen LogP contribution in [-0.4, -0.2) is 4.98 Å². The van der Waals surface area contributed by atoms with Crippen molar-refractivity contribution in [2.45, 2.75) is 6.92 Å². The fourth-order valence-electron chi connectivity index (χ4n) is 1.38. The molecule has 2 aromatic rings. The van der Waals surface area contributed by atoms with E-state index in [1.54, 1.807) is 19.1 Å². The van der Waals surface area contributed by atoms with Crippen molar-refractivity contribution in [3.05, 3.63) is 53.1 Å². The number of hydrogen-bond donors (Lipinski definition) is 0. The molecule has 0 amide bonds. The van der Waals surface area contributed by atoms with E-state index >= 15 is 0 Å². The van der Waals surface area contributed by atoms with Crippen molar-refractivity contribution < 1.29 is 4.39 Å². The van der Waals surface area contributed by atoms with Crippen molar-refractivity contribution >= 4 is 11.6 Å². The number of aromatic nitrogens is 1. The Labute approximate surface area is 92.5 Å². The van der Waals surface area contributed by atoms with Gasteiger partial charge >= 0.3 is 0 Å². The predicted molar refractivity (Wildman–Crippen MR) is 59.4 cm³/mol. The first-order valence-corrected chi connectivity index (χ1v) is 4.93. The molecular formula is C12H9ClFN. The maximum Gasteiger partial charge on any atom is 0.215 e. The van der Waals surface area contributed by atoms with Gasteiger partial charge in [0.15, 0.2) is 0 Å². The Hall–Kier alpha value is -1.41. The zero-order valence-electron chi connectivity index (χ0n) is 8.17. The third-order valence-corrected chi connectivity index (χ3v) is 2.41. The molecule has 0 bridgehead atoms. The van der Waals surface area contributed by atoms with Crippen molar-refractivity contribution in [2.75, 3.05) is 0 Å². The fraction of sp³-hybridized carbons (Fsp3) is 0.0833. The van der Waals surface area contributed by atoms with Gasteiger partial charge in [0.25, 0.3) is 0 Å². The van der Waals surface area contributed by atoms with Gasteiger partial charge in [0.2, 0.25) is 5.95 Å². The second kappa shape index (κ2) is 3.99. The zero-order valence-corrected chi connectivity index (χ0v) is 8.92. The van der Waals surface area contributed by atoms with Gasteiger partial charge in [0.1, 0.15) is 0 Å². The van der Waals surface area contributed by atoms with E-state index < -0.39 is 5.95 Å². The van der Waals surface area contributed by atoms with Crippen LogP contribution in [-0.2, 0) is 0 Å². The number of halogens is 2. The van der Waals surface area contributed by atoms with Crippen LogP contribution in [0.2, 0.25) is 5.02 Å². The van der Waals surface area contributed by atoms with E-state index in [2.05, 4.69) is 4.98 Å². The molecule has 0 aliphatic heterocycles. The first-order valence-electron chi connectivity index (χ1n) is 4.55. The van der Waals surface area contributed by atoms with Gasteiger partial charge in [0.05, 0.1) is 0 Å². The molecule has 0 unspecified atom stereocenters. The van der Waals surface area contributed by atoms with E-state index in [-0.39, 0.29) is 0 Å². The molecule has 0 radical (unpaired) electrons. The Morgan fingerprint density at radius 1 is 1.20 bits per heavy atom. The maximum atomic E-state index is 13.0. The minimum absolute atomic E-state index is 0.430. The molecule has 0 aliphatic carbocycles. The van der Waals surface area contributed by atoms with Crippen LogP contribution in [0, 0.1) is 12.9 Å². The summed E-state index contributed by atoms with van der Waals surface area (Å²) in [6.07, 6.45) is 1.51. The standard InChI is InChI=1S/C12H9ClFN/c1-8-5-10(7-15-12(8)14)9-3-2-4-11(13)6-9/h2-7H,1H3. The number of hydrogen-bond acceptors (Lipinski definition) is 1. The normalized spacial score (nSPS) is 10.3. The van der Waals surface area contributed by atoms with Gasteiger partial charge in [-0.15, -0.1) is 0 Å². The molecule has 0 atom stereocenters. The van der Waals surface area contributed by atoms with Crippen LogP contribution >= 0.6 is 11.6 Å². The third-order valence-electron chi connectivity index (χ3n) is 2.17. The van der Waals surface area contributed by atoms with Gasteiger partial charge in [-0.05, 0) is 30.7 Å². The molecule has 15 heavy (non-hydrogen) atoms. The zero-order chi connectivity index (χ0) is 10.8. The molecule has 2 rings (SSSR count). The van der Waals surface area contributed by atoms with Crippen LogP contribution in [0.4, 0.5) is 4.39 Å². The molecular weight excluding hydrogens is 213 g/mol. The highest BCUT2D eigenvalue weighted by Crippen LogP contribution is 2.23. The van der Waals surface area contributed by atoms with Crippen LogP contribution in [0.1, 0.15) is 5.56 Å². The minimum atomic E-state index is -0.430. The van der Waals surface area contributed by atoms with Crippen LogP contribution < -0.4 is 0 Å². The molecule has 0 N–H and O–H groups in total. The quantitative estimate of drug-likeness (QED) is 0.667. The van der Waals surface area contributed by atoms with Crippen molar-refractivity contribution in [3.63, 3.8) is 0 Å². The summed E-state index contributed by atoms with van der Waals surface area (Å²) in [6.45, 7) is 1.69. The van der Waals surface area contributed by atoms with E-state index in [9.17, 15) is 4.39 Å². The van der Waals surface area contributed by atoms with Gasteiger partial charge < -0.3 is 0 Å². The Kier molecular flexibility index (Phi) is 2.69. The fourth-order valence-corrected chi connectivity index (χ4v) is 1.57. The van der Waals surface area contributed by atoms with Gasteiger partial charge in [-0.1, -0.05) is 23.7 Å². The molecule has 1 aromatic carbocycles. The molecule has 1 nitrogen and oxygen atoms in total. The molecule has 0 fully saturated rings. The van der Waals surface area contributed by atoms with Crippen LogP contribution in [0.25, 0.3) is 11.1 Å². The maximum absolute atomic E-state index is 13.0. The largest absolute Gasteiger partial charge is 0.227 e. The first kappa shape index (κ1) is 10.1. The highest BCUT2D eigenvalue weighted by Gasteiger charge is 2.02. The molecule has 0 aliphatic rings. The van der Waals surface area contributed by atoms with Crippen molar-refractivity contribution in [1.29, 1.82) is 0 Å². The lowest BCUT2D eigenvalue weighted by atomic mass is 10.1. The first-order chi connectivity index (χ1) is 7.16. The molecule has 76 valence electrons. The van der Waals surface area contributed by atoms with Crippen LogP contribution in [0.5, 0.6) is 0 Å². The Balaban J connectivity index is 2.50. The Morgan fingerprint density at radius 2 is 2.00 bits per heavy atom. The lowest BCUT2D eigenvalue weighted by molar-refractivity contribution is 0.575. The monoisotopic (exact) mass is 221 g/mol. The summed E-state index contributed by atoms with van der Waals surface area (Å²) in [5.41, 5.74) is 2.35. The summed E-state index contributed by atoms with van der Waals surface area (Å²) >= 11 is 5.87. The third kappa shape index (κ3) is 2.16. The van der Waals surface area contributed by atoms with Gasteiger partial charge in [-0.3, -0.25) is 0 Å². The van der Waals surface area contributed by atoms with Crippen molar-refractivity contribution in [3.8, 4) is 11.1 Å². The molecule has 0 saturated heterocycles. The summed E-state index contributed by atoms with van der Waals surface area (Å²) in [5.74, 6) is -0.430. The molecule has 0 saturated carbocycles. The molecule has 0 spiro atoms. The number of nitrogens with zero attached hydrogens (tertiary/aromatic N) is 1. The second-order valence-corrected chi connectivity index (χ2v) is 3.78. The lowest BCUT2D eigenvalue weighted by Gasteiger charge is -2.03. The summed E-state index contributed by atoms with van der Waals surface area (Å²) < 4.78 is 13.0. The molecule has 3 heteroatoms. The number of aryl methyl sites for hydroxylation is 1. The van der Waals surface area contributed by atoms with Gasteiger partial charge in [-0.25, -0.2) is 4.98 Å². The predicted octanol–water partition coefficient (Wildman–Crippen LogP) is 3.85. The average Bonchev–Trinajstić information content (AvgIpc) is 2.22. The Bertz CT molecular complexity index is 497. The average molecular weight is 222 g/mol. The number of benzene rings is 1. The van der Waals surface area contributed by atoms with Crippen molar-refractivity contribution in [2.24, 2.45) is 0 Å². The van der Waals surface area contributed by atoms with Crippen molar-refractivity contribution in [1.82, 2.24) is 4.98 Å². The highest BCUT2D eigenvalue weighted by molar-refractivity contribution is 6.30. The Morgan fingerprint density at radius 3 is 2.67 bits per heavy atom. The van der Waals surface area contributed by atoms with Gasteiger partial charge in [-0.2, -0.15) is 4.39 Å². The van der Waals surface area contributed by atoms with E-state index in [4.69, 9.17) is 11.6 Å². The minimum Gasteiger partial charge on any atom is -0.227 e. The van der Waals surface area contributed by atoms with Crippen LogP contribution in [0.3, 0.4) is 0 Å². The molecule has 1 heterocycles. The highest BCUT2D eigenvalue weighted by atomic mass is 35.5. The number of pyridine rings is 1. The summed E-state index contributed by atoms with van der Waals surface area (Å²) in [4.78, 5) is 3.67. The topological polar surface area (TPSA) is 12.9 Å². The summed E-state index contributed by atoms with van der Waals surface area (Å²) in [5, 5.41) is 0.662. The summed E-state index contributed by atoms with van der Waals surface area (Å²) in [6, 6.07) is 9.16. The second-order valence-electron chi connectivity index (χ2n) is 3.34. The van der Waals surface area contributed by atoms with Crippen LogP contribution in [0.15, 0.2) is 36.5 Å².